The van der Waals surface area contributed by atoms with Crippen molar-refractivity contribution in [3.63, 3.8) is 0 Å². The molecule has 1 aliphatic rings. The van der Waals surface area contributed by atoms with Crippen molar-refractivity contribution in [3.8, 4) is 0 Å². The number of aromatic nitrogens is 4. The predicted octanol–water partition coefficient (Wildman–Crippen LogP) is 2.31. The molecule has 1 amide bonds. The van der Waals surface area contributed by atoms with E-state index in [1.54, 1.807) is 13.1 Å². The molecule has 0 atom stereocenters. The summed E-state index contributed by atoms with van der Waals surface area (Å²) < 4.78 is 2.33. The first-order valence-electron chi connectivity index (χ1n) is 9.71. The van der Waals surface area contributed by atoms with Gasteiger partial charge in [0.15, 0.2) is 0 Å². The Bertz CT molecular complexity index is 1460. The summed E-state index contributed by atoms with van der Waals surface area (Å²) in [6.45, 7) is 0. The Morgan fingerprint density at radius 2 is 1.83 bits per heavy atom. The zero-order chi connectivity index (χ0) is 21.0. The molecule has 5 rings (SSSR count). The summed E-state index contributed by atoms with van der Waals surface area (Å²) >= 11 is 0. The van der Waals surface area contributed by atoms with Crippen LogP contribution in [0.25, 0.3) is 21.9 Å². The third-order valence-corrected chi connectivity index (χ3v) is 5.53. The molecule has 1 aliphatic carbocycles. The summed E-state index contributed by atoms with van der Waals surface area (Å²) in [6.07, 6.45) is 3.62. The van der Waals surface area contributed by atoms with Crippen molar-refractivity contribution in [3.05, 3.63) is 74.7 Å². The number of anilines is 1. The standard InChI is InChI=1S/C22H19N5O3/c1-26-19-16(21(29)27(2)22(26)30)9-13(11-23-19)24-20(28)15-10-18(12-7-8-12)25-17-6-4-3-5-14(15)17/h3-6,9-12H,7-8H2,1-2H3,(H,24,28). The second-order valence-corrected chi connectivity index (χ2v) is 7.64. The number of aryl methyl sites for hydroxylation is 1. The van der Waals surface area contributed by atoms with E-state index >= 15 is 0 Å². The van der Waals surface area contributed by atoms with Crippen molar-refractivity contribution >= 4 is 33.5 Å². The Morgan fingerprint density at radius 1 is 1.07 bits per heavy atom. The number of amides is 1. The third kappa shape index (κ3) is 2.88. The molecule has 8 nitrogen and oxygen atoms in total. The molecule has 150 valence electrons. The first-order chi connectivity index (χ1) is 14.4. The smallest absolute Gasteiger partial charge is 0.321 e. The van der Waals surface area contributed by atoms with E-state index in [2.05, 4.69) is 10.3 Å². The van der Waals surface area contributed by atoms with Gasteiger partial charge in [-0.25, -0.2) is 9.78 Å². The summed E-state index contributed by atoms with van der Waals surface area (Å²) in [4.78, 5) is 46.6. The van der Waals surface area contributed by atoms with Crippen LogP contribution in [0.4, 0.5) is 5.69 Å². The van der Waals surface area contributed by atoms with Gasteiger partial charge in [-0.2, -0.15) is 0 Å². The lowest BCUT2D eigenvalue weighted by Crippen LogP contribution is -2.37. The number of carbonyl (C=O) groups excluding carboxylic acids is 1. The van der Waals surface area contributed by atoms with E-state index in [1.807, 2.05) is 30.3 Å². The summed E-state index contributed by atoms with van der Waals surface area (Å²) in [5.41, 5.74) is 2.00. The van der Waals surface area contributed by atoms with Crippen LogP contribution in [0.15, 0.2) is 52.2 Å². The number of pyridine rings is 2. The number of fused-ring (bicyclic) bond motifs is 2. The highest BCUT2D eigenvalue weighted by molar-refractivity contribution is 6.12. The largest absolute Gasteiger partial charge is 0.332 e. The molecule has 1 aromatic carbocycles. The van der Waals surface area contributed by atoms with E-state index in [0.717, 1.165) is 34.0 Å². The number of rotatable bonds is 3. The summed E-state index contributed by atoms with van der Waals surface area (Å²) in [5, 5.41) is 3.87. The van der Waals surface area contributed by atoms with E-state index in [9.17, 15) is 14.4 Å². The second-order valence-electron chi connectivity index (χ2n) is 7.64. The average Bonchev–Trinajstić information content (AvgIpc) is 3.61. The van der Waals surface area contributed by atoms with Crippen LogP contribution in [0.3, 0.4) is 0 Å². The first kappa shape index (κ1) is 18.2. The topological polar surface area (TPSA) is 98.9 Å². The maximum Gasteiger partial charge on any atom is 0.332 e. The van der Waals surface area contributed by atoms with Gasteiger partial charge < -0.3 is 5.32 Å². The van der Waals surface area contributed by atoms with Gasteiger partial charge in [-0.05, 0) is 31.0 Å². The first-order valence-corrected chi connectivity index (χ1v) is 9.71. The Balaban J connectivity index is 1.58. The van der Waals surface area contributed by atoms with Crippen LogP contribution in [0.1, 0.15) is 34.8 Å². The van der Waals surface area contributed by atoms with Crippen LogP contribution >= 0.6 is 0 Å². The zero-order valence-corrected chi connectivity index (χ0v) is 16.5. The molecule has 0 unspecified atom stereocenters. The van der Waals surface area contributed by atoms with Crippen molar-refractivity contribution in [1.29, 1.82) is 0 Å². The molecule has 1 N–H and O–H groups in total. The predicted molar refractivity (Wildman–Crippen MR) is 114 cm³/mol. The Hall–Kier alpha value is -3.81. The molecule has 1 saturated carbocycles. The van der Waals surface area contributed by atoms with Gasteiger partial charge in [0.25, 0.3) is 11.5 Å². The van der Waals surface area contributed by atoms with Crippen LogP contribution in [0, 0.1) is 0 Å². The van der Waals surface area contributed by atoms with Gasteiger partial charge in [0.2, 0.25) is 0 Å². The number of para-hydroxylation sites is 1. The van der Waals surface area contributed by atoms with Gasteiger partial charge in [0.1, 0.15) is 5.65 Å². The number of nitrogens with zero attached hydrogens (tertiary/aromatic N) is 4. The highest BCUT2D eigenvalue weighted by Crippen LogP contribution is 2.40. The maximum absolute atomic E-state index is 13.1. The minimum atomic E-state index is -0.456. The molecular weight excluding hydrogens is 382 g/mol. The molecule has 3 aromatic heterocycles. The Morgan fingerprint density at radius 3 is 2.60 bits per heavy atom. The zero-order valence-electron chi connectivity index (χ0n) is 16.5. The number of hydrogen-bond donors (Lipinski definition) is 1. The normalized spacial score (nSPS) is 13.7. The monoisotopic (exact) mass is 401 g/mol. The minimum Gasteiger partial charge on any atom is -0.321 e. The molecule has 1 fully saturated rings. The van der Waals surface area contributed by atoms with Gasteiger partial charge in [0, 0.05) is 31.1 Å². The summed E-state index contributed by atoms with van der Waals surface area (Å²) in [7, 11) is 2.97. The van der Waals surface area contributed by atoms with Crippen LogP contribution in [0.2, 0.25) is 0 Å². The maximum atomic E-state index is 13.1. The second kappa shape index (κ2) is 6.62. The highest BCUT2D eigenvalue weighted by Gasteiger charge is 2.27. The molecule has 30 heavy (non-hydrogen) atoms. The number of carbonyl (C=O) groups is 1. The van der Waals surface area contributed by atoms with Crippen molar-refractivity contribution in [2.45, 2.75) is 18.8 Å². The van der Waals surface area contributed by atoms with Crippen LogP contribution in [-0.2, 0) is 14.1 Å². The molecule has 0 aliphatic heterocycles. The van der Waals surface area contributed by atoms with Crippen molar-refractivity contribution in [2.75, 3.05) is 5.32 Å². The van der Waals surface area contributed by atoms with Gasteiger partial charge in [-0.3, -0.25) is 23.7 Å². The van der Waals surface area contributed by atoms with Gasteiger partial charge in [0.05, 0.1) is 28.4 Å². The fourth-order valence-corrected chi connectivity index (χ4v) is 3.70. The summed E-state index contributed by atoms with van der Waals surface area (Å²) in [5.74, 6) is 0.117. The van der Waals surface area contributed by atoms with Crippen molar-refractivity contribution in [2.24, 2.45) is 14.1 Å². The fourth-order valence-electron chi connectivity index (χ4n) is 3.70. The fraction of sp³-hybridized carbons (Fsp3) is 0.227. The molecule has 4 aromatic rings. The van der Waals surface area contributed by atoms with Crippen molar-refractivity contribution in [1.82, 2.24) is 19.1 Å². The molecular formula is C22H19N5O3. The average molecular weight is 401 g/mol. The van der Waals surface area contributed by atoms with Crippen LogP contribution in [0.5, 0.6) is 0 Å². The van der Waals surface area contributed by atoms with Crippen LogP contribution < -0.4 is 16.6 Å². The molecule has 0 radical (unpaired) electrons. The van der Waals surface area contributed by atoms with Gasteiger partial charge >= 0.3 is 5.69 Å². The number of hydrogen-bond acceptors (Lipinski definition) is 5. The Labute approximate surface area is 170 Å². The molecule has 0 spiro atoms. The SMILES string of the molecule is Cn1c(=O)c2cc(NC(=O)c3cc(C4CC4)nc4ccccc34)cnc2n(C)c1=O. The van der Waals surface area contributed by atoms with Crippen molar-refractivity contribution < 1.29 is 4.79 Å². The minimum absolute atomic E-state index is 0.260. The lowest BCUT2D eigenvalue weighted by Gasteiger charge is -2.11. The number of nitrogens with one attached hydrogen (secondary N) is 1. The van der Waals surface area contributed by atoms with Crippen LogP contribution in [-0.4, -0.2) is 25.0 Å². The molecule has 0 saturated heterocycles. The lowest BCUT2D eigenvalue weighted by molar-refractivity contribution is 0.102. The summed E-state index contributed by atoms with van der Waals surface area (Å²) in [6, 6.07) is 11.0. The highest BCUT2D eigenvalue weighted by atomic mass is 16.2. The van der Waals surface area contributed by atoms with Gasteiger partial charge in [-0.1, -0.05) is 18.2 Å². The van der Waals surface area contributed by atoms with E-state index in [0.29, 0.717) is 17.2 Å². The van der Waals surface area contributed by atoms with E-state index < -0.39 is 11.2 Å². The molecule has 8 heteroatoms. The molecule has 0 bridgehead atoms. The number of benzene rings is 1. The van der Waals surface area contributed by atoms with E-state index in [4.69, 9.17) is 4.98 Å². The Kier molecular flexibility index (Phi) is 4.02. The third-order valence-electron chi connectivity index (χ3n) is 5.53. The van der Waals surface area contributed by atoms with E-state index in [-0.39, 0.29) is 16.9 Å². The molecule has 3 heterocycles. The quantitative estimate of drug-likeness (QED) is 0.568. The van der Waals surface area contributed by atoms with E-state index in [1.165, 1.54) is 17.8 Å². The lowest BCUT2D eigenvalue weighted by atomic mass is 10.1. The van der Waals surface area contributed by atoms with Gasteiger partial charge in [-0.15, -0.1) is 0 Å².